The molecule has 9 nitrogen and oxygen atoms in total. The van der Waals surface area contributed by atoms with Gasteiger partial charge in [-0.3, -0.25) is 9.59 Å². The van der Waals surface area contributed by atoms with Crippen LogP contribution < -0.4 is 16.1 Å². The Kier molecular flexibility index (Phi) is 11.3. The van der Waals surface area contributed by atoms with Gasteiger partial charge in [-0.15, -0.1) is 9.89 Å². The van der Waals surface area contributed by atoms with Crippen molar-refractivity contribution in [1.82, 2.24) is 20.5 Å². The summed E-state index contributed by atoms with van der Waals surface area (Å²) < 4.78 is 5.64. The van der Waals surface area contributed by atoms with Crippen LogP contribution in [0.4, 0.5) is 4.79 Å². The van der Waals surface area contributed by atoms with Crippen molar-refractivity contribution in [2.24, 2.45) is 5.92 Å². The Morgan fingerprint density at radius 3 is 2.48 bits per heavy atom. The predicted molar refractivity (Wildman–Crippen MR) is 133 cm³/mol. The van der Waals surface area contributed by atoms with Crippen LogP contribution in [0.1, 0.15) is 32.3 Å². The molecular formula is C21H29N5O4S3. The van der Waals surface area contributed by atoms with Gasteiger partial charge in [0.1, 0.15) is 24.2 Å². The van der Waals surface area contributed by atoms with E-state index in [9.17, 15) is 14.4 Å². The first-order valence-corrected chi connectivity index (χ1v) is 13.1. The van der Waals surface area contributed by atoms with Crippen LogP contribution in [0.3, 0.4) is 0 Å². The first-order chi connectivity index (χ1) is 15.8. The topological polar surface area (TPSA) is 114 Å². The third-order valence-electron chi connectivity index (χ3n) is 4.48. The van der Waals surface area contributed by atoms with Crippen LogP contribution in [0.25, 0.3) is 0 Å². The summed E-state index contributed by atoms with van der Waals surface area (Å²) in [5.41, 5.74) is 4.96. The minimum atomic E-state index is -0.848. The van der Waals surface area contributed by atoms with E-state index in [1.807, 2.05) is 50.4 Å². The number of amides is 3. The third kappa shape index (κ3) is 9.52. The van der Waals surface area contributed by atoms with Gasteiger partial charge < -0.3 is 15.4 Å². The molecule has 3 N–H and O–H groups in total. The van der Waals surface area contributed by atoms with E-state index in [4.69, 9.17) is 17.0 Å². The number of aromatic nitrogens is 2. The molecule has 2 atom stereocenters. The molecule has 0 radical (unpaired) electrons. The van der Waals surface area contributed by atoms with Gasteiger partial charge in [0.2, 0.25) is 9.86 Å². The molecule has 2 aromatic rings. The maximum absolute atomic E-state index is 13.0. The number of hydrogen-bond donors (Lipinski definition) is 3. The number of hydrogen-bond acceptors (Lipinski definition) is 8. The number of thioether (sulfide) groups is 1. The highest BCUT2D eigenvalue weighted by Crippen LogP contribution is 2.09. The van der Waals surface area contributed by atoms with Gasteiger partial charge in [0.15, 0.2) is 0 Å². The average Bonchev–Trinajstić information content (AvgIpc) is 3.19. The minimum Gasteiger partial charge on any atom is -0.445 e. The number of benzene rings is 1. The zero-order chi connectivity index (χ0) is 24.2. The van der Waals surface area contributed by atoms with E-state index >= 15 is 0 Å². The van der Waals surface area contributed by atoms with Gasteiger partial charge in [0.05, 0.1) is 0 Å². The normalized spacial score (nSPS) is 12.6. The summed E-state index contributed by atoms with van der Waals surface area (Å²) in [5, 5.41) is 9.36. The van der Waals surface area contributed by atoms with E-state index < -0.39 is 30.0 Å². The quantitative estimate of drug-likeness (QED) is 0.375. The van der Waals surface area contributed by atoms with E-state index in [1.54, 1.807) is 11.8 Å². The van der Waals surface area contributed by atoms with Crippen molar-refractivity contribution in [3.8, 4) is 0 Å². The molecule has 0 aliphatic heterocycles. The molecule has 0 saturated carbocycles. The average molecular weight is 512 g/mol. The number of nitrogens with zero attached hydrogens (tertiary/aromatic N) is 2. The lowest BCUT2D eigenvalue weighted by Gasteiger charge is -2.24. The largest absolute Gasteiger partial charge is 0.445 e. The molecule has 0 aliphatic carbocycles. The highest BCUT2D eigenvalue weighted by molar-refractivity contribution is 7.98. The van der Waals surface area contributed by atoms with Crippen LogP contribution in [0.15, 0.2) is 35.8 Å². The Hall–Kier alpha value is -2.44. The van der Waals surface area contributed by atoms with Crippen LogP contribution in [-0.2, 0) is 20.9 Å². The molecule has 12 heteroatoms. The predicted octanol–water partition coefficient (Wildman–Crippen LogP) is 3.32. The van der Waals surface area contributed by atoms with E-state index in [1.165, 1.54) is 21.6 Å². The van der Waals surface area contributed by atoms with Gasteiger partial charge in [-0.25, -0.2) is 10.2 Å². The van der Waals surface area contributed by atoms with Gasteiger partial charge in [-0.05, 0) is 48.5 Å². The molecule has 0 bridgehead atoms. The molecule has 2 rings (SSSR count). The Bertz CT molecular complexity index is 964. The fraction of sp³-hybridized carbons (Fsp3) is 0.476. The second kappa shape index (κ2) is 14.0. The molecular weight excluding hydrogens is 482 g/mol. The summed E-state index contributed by atoms with van der Waals surface area (Å²) in [5.74, 6) is -0.109. The molecule has 33 heavy (non-hydrogen) atoms. The van der Waals surface area contributed by atoms with Crippen molar-refractivity contribution >= 4 is 53.2 Å². The van der Waals surface area contributed by atoms with E-state index in [0.717, 1.165) is 5.56 Å². The first-order valence-electron chi connectivity index (χ1n) is 10.4. The summed E-state index contributed by atoms with van der Waals surface area (Å²) in [6.07, 6.45) is 2.02. The minimum absolute atomic E-state index is 0.0930. The van der Waals surface area contributed by atoms with Crippen LogP contribution in [-0.4, -0.2) is 51.9 Å². The standard InChI is InChI=1S/C21H29N5O4S3/c1-14(2)11-17(24-20(29)30-12-15-7-5-4-6-8-15)18(27)23-16(9-10-32-3)19(28)25-26-21(31)33-13-22-26/h4-8,13-14,16-17H,9-12H2,1-3H3,(H,23,27)(H,24,29)(H,25,28). The van der Waals surface area contributed by atoms with Crippen molar-refractivity contribution in [3.05, 3.63) is 45.4 Å². The van der Waals surface area contributed by atoms with Gasteiger partial charge in [0.25, 0.3) is 5.91 Å². The molecule has 0 saturated heterocycles. The lowest BCUT2D eigenvalue weighted by molar-refractivity contribution is -0.128. The van der Waals surface area contributed by atoms with Gasteiger partial charge in [-0.2, -0.15) is 11.8 Å². The summed E-state index contributed by atoms with van der Waals surface area (Å²) in [6.45, 7) is 3.98. The molecule has 1 heterocycles. The van der Waals surface area contributed by atoms with Crippen LogP contribution in [0, 0.1) is 9.87 Å². The SMILES string of the molecule is CSCCC(NC(=O)C(CC(C)C)NC(=O)OCc1ccccc1)C(=O)Nn1ncsc1=S. The van der Waals surface area contributed by atoms with Crippen molar-refractivity contribution in [3.63, 3.8) is 0 Å². The zero-order valence-corrected chi connectivity index (χ0v) is 21.2. The summed E-state index contributed by atoms with van der Waals surface area (Å²) in [7, 11) is 0. The van der Waals surface area contributed by atoms with Crippen molar-refractivity contribution in [2.75, 3.05) is 17.4 Å². The number of nitrogens with one attached hydrogen (secondary N) is 3. The van der Waals surface area contributed by atoms with E-state index in [0.29, 0.717) is 22.5 Å². The Morgan fingerprint density at radius 2 is 1.88 bits per heavy atom. The third-order valence-corrected chi connectivity index (χ3v) is 6.16. The van der Waals surface area contributed by atoms with E-state index in [2.05, 4.69) is 21.2 Å². The zero-order valence-electron chi connectivity index (χ0n) is 18.8. The maximum atomic E-state index is 13.0. The van der Waals surface area contributed by atoms with Crippen LogP contribution >= 0.6 is 35.3 Å². The lowest BCUT2D eigenvalue weighted by atomic mass is 10.0. The second-order valence-electron chi connectivity index (χ2n) is 7.62. The van der Waals surface area contributed by atoms with Crippen molar-refractivity contribution < 1.29 is 19.1 Å². The number of carbonyl (C=O) groups is 3. The summed E-state index contributed by atoms with van der Waals surface area (Å²) in [6, 6.07) is 7.60. The summed E-state index contributed by atoms with van der Waals surface area (Å²) >= 11 is 7.88. The number of ether oxygens (including phenoxy) is 1. The lowest BCUT2D eigenvalue weighted by Crippen LogP contribution is -2.54. The summed E-state index contributed by atoms with van der Waals surface area (Å²) in [4.78, 5) is 39.3. The van der Waals surface area contributed by atoms with Crippen molar-refractivity contribution in [2.45, 2.75) is 45.4 Å². The van der Waals surface area contributed by atoms with Crippen LogP contribution in [0.2, 0.25) is 0 Å². The van der Waals surface area contributed by atoms with Crippen LogP contribution in [0.5, 0.6) is 0 Å². The van der Waals surface area contributed by atoms with Gasteiger partial charge >= 0.3 is 6.09 Å². The van der Waals surface area contributed by atoms with E-state index in [-0.39, 0.29) is 12.5 Å². The molecule has 3 amide bonds. The fourth-order valence-corrected chi connectivity index (χ4v) is 3.97. The Morgan fingerprint density at radius 1 is 1.15 bits per heavy atom. The molecule has 1 aromatic heterocycles. The van der Waals surface area contributed by atoms with Crippen molar-refractivity contribution in [1.29, 1.82) is 0 Å². The molecule has 2 unspecified atom stereocenters. The number of alkyl carbamates (subject to hydrolysis) is 1. The Balaban J connectivity index is 2.02. The van der Waals surface area contributed by atoms with Gasteiger partial charge in [0, 0.05) is 0 Å². The molecule has 180 valence electrons. The fourth-order valence-electron chi connectivity index (χ4n) is 2.86. The maximum Gasteiger partial charge on any atom is 0.408 e. The monoisotopic (exact) mass is 511 g/mol. The smallest absolute Gasteiger partial charge is 0.408 e. The highest BCUT2D eigenvalue weighted by Gasteiger charge is 2.28. The number of rotatable bonds is 12. The van der Waals surface area contributed by atoms with Gasteiger partial charge in [-0.1, -0.05) is 55.5 Å². The second-order valence-corrected chi connectivity index (χ2v) is 10.1. The Labute approximate surface area is 206 Å². The first kappa shape index (κ1) is 26.8. The molecule has 0 spiro atoms. The molecule has 0 aliphatic rings. The number of carbonyl (C=O) groups excluding carboxylic acids is 3. The highest BCUT2D eigenvalue weighted by atomic mass is 32.2. The molecule has 0 fully saturated rings. The molecule has 1 aromatic carbocycles.